The van der Waals surface area contributed by atoms with Crippen molar-refractivity contribution in [3.8, 4) is 0 Å². The SMILES string of the molecule is CC1(O)CCCN(S(=O)(=O)c2ccccc2Br)CC1. The van der Waals surface area contributed by atoms with Gasteiger partial charge in [-0.1, -0.05) is 12.1 Å². The van der Waals surface area contributed by atoms with Crippen LogP contribution in [0.5, 0.6) is 0 Å². The molecule has 0 radical (unpaired) electrons. The highest BCUT2D eigenvalue weighted by atomic mass is 79.9. The highest BCUT2D eigenvalue weighted by Gasteiger charge is 2.32. The average Bonchev–Trinajstić information content (AvgIpc) is 2.51. The van der Waals surface area contributed by atoms with Gasteiger partial charge in [0, 0.05) is 17.6 Å². The van der Waals surface area contributed by atoms with E-state index in [0.29, 0.717) is 36.8 Å². The van der Waals surface area contributed by atoms with E-state index in [1.807, 2.05) is 0 Å². The lowest BCUT2D eigenvalue weighted by Crippen LogP contribution is -2.33. The van der Waals surface area contributed by atoms with Crippen molar-refractivity contribution < 1.29 is 13.5 Å². The molecule has 0 aliphatic carbocycles. The summed E-state index contributed by atoms with van der Waals surface area (Å²) in [5.41, 5.74) is -0.766. The number of hydrogen-bond donors (Lipinski definition) is 1. The van der Waals surface area contributed by atoms with E-state index in [-0.39, 0.29) is 4.90 Å². The van der Waals surface area contributed by atoms with Crippen LogP contribution in [-0.4, -0.2) is 36.5 Å². The fourth-order valence-electron chi connectivity index (χ4n) is 2.27. The lowest BCUT2D eigenvalue weighted by molar-refractivity contribution is 0.0465. The molecule has 0 amide bonds. The zero-order chi connectivity index (χ0) is 14.1. The number of aliphatic hydroxyl groups is 1. The molecule has 0 saturated carbocycles. The first-order valence-corrected chi connectivity index (χ1v) is 8.53. The predicted molar refractivity (Wildman–Crippen MR) is 77.4 cm³/mol. The van der Waals surface area contributed by atoms with Gasteiger partial charge in [0.15, 0.2) is 0 Å². The van der Waals surface area contributed by atoms with E-state index in [0.717, 1.165) is 0 Å². The fourth-order valence-corrected chi connectivity index (χ4v) is 4.71. The summed E-state index contributed by atoms with van der Waals surface area (Å²) in [5.74, 6) is 0. The number of nitrogens with zero attached hydrogens (tertiary/aromatic N) is 1. The van der Waals surface area contributed by atoms with Crippen molar-refractivity contribution in [2.24, 2.45) is 0 Å². The molecular formula is C13H18BrNO3S. The third-order valence-corrected chi connectivity index (χ3v) is 6.39. The molecule has 1 fully saturated rings. The number of halogens is 1. The van der Waals surface area contributed by atoms with Crippen LogP contribution in [0.1, 0.15) is 26.2 Å². The minimum atomic E-state index is -3.49. The molecule has 0 bridgehead atoms. The summed E-state index contributed by atoms with van der Waals surface area (Å²) >= 11 is 3.29. The van der Waals surface area contributed by atoms with E-state index in [1.54, 1.807) is 31.2 Å². The topological polar surface area (TPSA) is 57.6 Å². The summed E-state index contributed by atoms with van der Waals surface area (Å²) in [7, 11) is -3.49. The van der Waals surface area contributed by atoms with Crippen LogP contribution in [0.2, 0.25) is 0 Å². The third-order valence-electron chi connectivity index (χ3n) is 3.48. The summed E-state index contributed by atoms with van der Waals surface area (Å²) in [6, 6.07) is 6.82. The highest BCUT2D eigenvalue weighted by molar-refractivity contribution is 9.10. The molecule has 1 heterocycles. The summed E-state index contributed by atoms with van der Waals surface area (Å²) in [5, 5.41) is 10.0. The Balaban J connectivity index is 2.28. The molecule has 1 saturated heterocycles. The maximum atomic E-state index is 12.6. The van der Waals surface area contributed by atoms with E-state index in [4.69, 9.17) is 0 Å². The van der Waals surface area contributed by atoms with Crippen LogP contribution in [-0.2, 0) is 10.0 Å². The Hall–Kier alpha value is -0.430. The van der Waals surface area contributed by atoms with Gasteiger partial charge in [-0.05, 0) is 54.2 Å². The second kappa shape index (κ2) is 5.52. The Morgan fingerprint density at radius 2 is 1.95 bits per heavy atom. The van der Waals surface area contributed by atoms with Gasteiger partial charge in [-0.3, -0.25) is 0 Å². The summed E-state index contributed by atoms with van der Waals surface area (Å²) in [6.07, 6.45) is 1.78. The Labute approximate surface area is 122 Å². The molecule has 2 rings (SSSR count). The first-order chi connectivity index (χ1) is 8.83. The Morgan fingerprint density at radius 3 is 2.63 bits per heavy atom. The monoisotopic (exact) mass is 347 g/mol. The zero-order valence-electron chi connectivity index (χ0n) is 10.8. The van der Waals surface area contributed by atoms with Gasteiger partial charge in [0.05, 0.1) is 10.5 Å². The van der Waals surface area contributed by atoms with Crippen LogP contribution < -0.4 is 0 Å². The van der Waals surface area contributed by atoms with Crippen molar-refractivity contribution in [1.82, 2.24) is 4.31 Å². The normalized spacial score (nSPS) is 26.1. The molecule has 1 aliphatic rings. The van der Waals surface area contributed by atoms with Gasteiger partial charge in [-0.25, -0.2) is 8.42 Å². The maximum absolute atomic E-state index is 12.6. The lowest BCUT2D eigenvalue weighted by atomic mass is 9.98. The molecule has 4 nitrogen and oxygen atoms in total. The minimum Gasteiger partial charge on any atom is -0.390 e. The lowest BCUT2D eigenvalue weighted by Gasteiger charge is -2.22. The zero-order valence-corrected chi connectivity index (χ0v) is 13.2. The highest BCUT2D eigenvalue weighted by Crippen LogP contribution is 2.28. The van der Waals surface area contributed by atoms with Crippen LogP contribution in [0.25, 0.3) is 0 Å². The van der Waals surface area contributed by atoms with E-state index in [1.165, 1.54) is 4.31 Å². The quantitative estimate of drug-likeness (QED) is 0.893. The second-order valence-electron chi connectivity index (χ2n) is 5.19. The van der Waals surface area contributed by atoms with Crippen LogP contribution in [0, 0.1) is 0 Å². The van der Waals surface area contributed by atoms with Gasteiger partial charge in [0.1, 0.15) is 0 Å². The summed E-state index contributed by atoms with van der Waals surface area (Å²) < 4.78 is 27.2. The van der Waals surface area contributed by atoms with Crippen LogP contribution in [0.3, 0.4) is 0 Å². The van der Waals surface area contributed by atoms with Crippen LogP contribution in [0.15, 0.2) is 33.6 Å². The standard InChI is InChI=1S/C13H18BrNO3S/c1-13(16)7-4-9-15(10-8-13)19(17,18)12-6-3-2-5-11(12)14/h2-3,5-6,16H,4,7-10H2,1H3. The Kier molecular flexibility index (Phi) is 4.35. The van der Waals surface area contributed by atoms with Gasteiger partial charge in [-0.15, -0.1) is 0 Å². The molecule has 0 spiro atoms. The molecule has 1 N–H and O–H groups in total. The van der Waals surface area contributed by atoms with Crippen molar-refractivity contribution in [3.63, 3.8) is 0 Å². The van der Waals surface area contributed by atoms with E-state index >= 15 is 0 Å². The fraction of sp³-hybridized carbons (Fsp3) is 0.538. The number of sulfonamides is 1. The predicted octanol–water partition coefficient (Wildman–Crippen LogP) is 2.37. The first-order valence-electron chi connectivity index (χ1n) is 6.30. The van der Waals surface area contributed by atoms with E-state index < -0.39 is 15.6 Å². The van der Waals surface area contributed by atoms with Gasteiger partial charge in [0.2, 0.25) is 10.0 Å². The van der Waals surface area contributed by atoms with Crippen molar-refractivity contribution in [2.45, 2.75) is 36.7 Å². The molecule has 1 unspecified atom stereocenters. The van der Waals surface area contributed by atoms with E-state index in [2.05, 4.69) is 15.9 Å². The van der Waals surface area contributed by atoms with Crippen molar-refractivity contribution in [1.29, 1.82) is 0 Å². The smallest absolute Gasteiger partial charge is 0.244 e. The third kappa shape index (κ3) is 3.37. The number of benzene rings is 1. The summed E-state index contributed by atoms with van der Waals surface area (Å²) in [4.78, 5) is 0.288. The van der Waals surface area contributed by atoms with Crippen molar-refractivity contribution >= 4 is 26.0 Å². The molecule has 0 aromatic heterocycles. The van der Waals surface area contributed by atoms with Gasteiger partial charge in [0.25, 0.3) is 0 Å². The molecular weight excluding hydrogens is 330 g/mol. The second-order valence-corrected chi connectivity index (χ2v) is 7.95. The molecule has 6 heteroatoms. The molecule has 1 atom stereocenters. The average molecular weight is 348 g/mol. The summed E-state index contributed by atoms with van der Waals surface area (Å²) in [6.45, 7) is 2.58. The van der Waals surface area contributed by atoms with E-state index in [9.17, 15) is 13.5 Å². The molecule has 1 aliphatic heterocycles. The largest absolute Gasteiger partial charge is 0.390 e. The van der Waals surface area contributed by atoms with Gasteiger partial charge < -0.3 is 5.11 Å². The minimum absolute atomic E-state index is 0.288. The van der Waals surface area contributed by atoms with Crippen molar-refractivity contribution in [2.75, 3.05) is 13.1 Å². The Bertz CT molecular complexity index is 557. The Morgan fingerprint density at radius 1 is 1.26 bits per heavy atom. The first kappa shape index (κ1) is 15.0. The maximum Gasteiger partial charge on any atom is 0.244 e. The molecule has 19 heavy (non-hydrogen) atoms. The van der Waals surface area contributed by atoms with Gasteiger partial charge >= 0.3 is 0 Å². The molecule has 1 aromatic rings. The molecule has 106 valence electrons. The van der Waals surface area contributed by atoms with Crippen LogP contribution in [0.4, 0.5) is 0 Å². The van der Waals surface area contributed by atoms with Gasteiger partial charge in [-0.2, -0.15) is 4.31 Å². The number of rotatable bonds is 2. The van der Waals surface area contributed by atoms with Crippen LogP contribution >= 0.6 is 15.9 Å². The van der Waals surface area contributed by atoms with Crippen molar-refractivity contribution in [3.05, 3.63) is 28.7 Å². The number of hydrogen-bond acceptors (Lipinski definition) is 3. The molecule has 1 aromatic carbocycles.